The van der Waals surface area contributed by atoms with Crippen molar-refractivity contribution in [1.82, 2.24) is 0 Å². The zero-order valence-electron chi connectivity index (χ0n) is 7.31. The van der Waals surface area contributed by atoms with Gasteiger partial charge in [-0.05, 0) is 34.6 Å². The number of halogens is 4. The highest BCUT2D eigenvalue weighted by atomic mass is 127. The lowest BCUT2D eigenvalue weighted by atomic mass is 9.60. The number of carboxylic acid groups (broad SMARTS) is 1. The van der Waals surface area contributed by atoms with Gasteiger partial charge in [-0.25, -0.2) is 0 Å². The molecule has 1 N–H and O–H groups in total. The average Bonchev–Trinajstić information content (AvgIpc) is 2.07. The van der Waals surface area contributed by atoms with E-state index in [0.29, 0.717) is 3.92 Å². The minimum atomic E-state index is -0.687. The lowest BCUT2D eigenvalue weighted by molar-refractivity contribution is -0.148. The second-order valence-corrected chi connectivity index (χ2v) is 11.7. The molecule has 15 heavy (non-hydrogen) atoms. The van der Waals surface area contributed by atoms with Crippen molar-refractivity contribution in [3.8, 4) is 0 Å². The van der Waals surface area contributed by atoms with Gasteiger partial charge >= 0.3 is 5.97 Å². The number of fused-ring (bicyclic) bond motifs is 1. The lowest BCUT2D eigenvalue weighted by Crippen LogP contribution is -2.57. The Balaban J connectivity index is 2.61. The van der Waals surface area contributed by atoms with Gasteiger partial charge in [0.05, 0.1) is 0 Å². The van der Waals surface area contributed by atoms with E-state index < -0.39 is 11.4 Å². The first-order valence-corrected chi connectivity index (χ1v) is 8.66. The molecule has 82 valence electrons. The number of hydrogen-bond acceptors (Lipinski definition) is 1. The molecule has 2 aliphatic carbocycles. The van der Waals surface area contributed by atoms with Crippen LogP contribution in [0.5, 0.6) is 0 Å². The van der Waals surface area contributed by atoms with Crippen molar-refractivity contribution in [1.29, 1.82) is 0 Å². The summed E-state index contributed by atoms with van der Waals surface area (Å²) in [6, 6.07) is 0. The van der Waals surface area contributed by atoms with Gasteiger partial charge in [0.2, 0.25) is 0 Å². The van der Waals surface area contributed by atoms with Gasteiger partial charge in [0.25, 0.3) is 0 Å². The Bertz CT molecular complexity index is 399. The molecule has 0 aliphatic heterocycles. The molecular formula is C9H6I4O2. The molecular weight excluding hydrogens is 648 g/mol. The summed E-state index contributed by atoms with van der Waals surface area (Å²) < 4.78 is 1.14. The number of carboxylic acids is 1. The maximum atomic E-state index is 11.6. The Morgan fingerprint density at radius 2 is 2.13 bits per heavy atom. The molecule has 2 aliphatic rings. The van der Waals surface area contributed by atoms with Gasteiger partial charge in [-0.15, -0.1) is 0 Å². The molecule has 1 fully saturated rings. The highest BCUT2D eigenvalue weighted by Crippen LogP contribution is 2.66. The number of hydrogen-bond donors (Lipinski definition) is 1. The Morgan fingerprint density at radius 1 is 1.53 bits per heavy atom. The third-order valence-electron chi connectivity index (χ3n) is 2.89. The molecule has 0 bridgehead atoms. The van der Waals surface area contributed by atoms with Crippen molar-refractivity contribution in [3.05, 3.63) is 21.3 Å². The first-order valence-electron chi connectivity index (χ1n) is 4.17. The van der Waals surface area contributed by atoms with E-state index in [1.165, 1.54) is 0 Å². The van der Waals surface area contributed by atoms with Gasteiger partial charge in [0, 0.05) is 7.50 Å². The van der Waals surface area contributed by atoms with Crippen LogP contribution in [0.4, 0.5) is 0 Å². The third kappa shape index (κ3) is 1.74. The quantitative estimate of drug-likeness (QED) is 0.342. The van der Waals surface area contributed by atoms with Crippen molar-refractivity contribution in [2.75, 3.05) is 0 Å². The summed E-state index contributed by atoms with van der Waals surface area (Å²) >= 11 is 9.08. The van der Waals surface area contributed by atoms with Crippen LogP contribution in [-0.2, 0) is 4.79 Å². The van der Waals surface area contributed by atoms with E-state index in [4.69, 9.17) is 0 Å². The number of rotatable bonds is 1. The highest BCUT2D eigenvalue weighted by molar-refractivity contribution is 14.2. The van der Waals surface area contributed by atoms with Crippen molar-refractivity contribution in [3.63, 3.8) is 0 Å². The van der Waals surface area contributed by atoms with Gasteiger partial charge in [-0.2, -0.15) is 0 Å². The van der Waals surface area contributed by atoms with E-state index in [0.717, 1.165) is 15.6 Å². The molecule has 2 atom stereocenters. The molecule has 0 spiro atoms. The van der Waals surface area contributed by atoms with E-state index in [1.54, 1.807) is 0 Å². The van der Waals surface area contributed by atoms with E-state index in [2.05, 4.69) is 90.4 Å². The van der Waals surface area contributed by atoms with Gasteiger partial charge in [-0.1, -0.05) is 79.9 Å². The van der Waals surface area contributed by atoms with Crippen LogP contribution in [0.2, 0.25) is 0 Å². The SMILES string of the molecule is O=C(O)C12CC(I)C1=C(I)C=CC2(I)I. The first-order chi connectivity index (χ1) is 6.83. The van der Waals surface area contributed by atoms with Crippen LogP contribution in [0, 0.1) is 5.41 Å². The fourth-order valence-corrected chi connectivity index (χ4v) is 7.02. The Kier molecular flexibility index (Phi) is 3.73. The second kappa shape index (κ2) is 4.21. The van der Waals surface area contributed by atoms with Crippen molar-refractivity contribution < 1.29 is 9.90 Å². The summed E-state index contributed by atoms with van der Waals surface area (Å²) in [6.07, 6.45) is 4.79. The minimum absolute atomic E-state index is 0.333. The molecule has 2 nitrogen and oxygen atoms in total. The van der Waals surface area contributed by atoms with Crippen LogP contribution in [-0.4, -0.2) is 16.4 Å². The van der Waals surface area contributed by atoms with Gasteiger partial charge in [0.1, 0.15) is 6.84 Å². The van der Waals surface area contributed by atoms with E-state index in [9.17, 15) is 9.90 Å². The topological polar surface area (TPSA) is 37.3 Å². The molecule has 2 unspecified atom stereocenters. The van der Waals surface area contributed by atoms with E-state index >= 15 is 0 Å². The number of carbonyl (C=O) groups is 1. The standard InChI is InChI=1S/C9H6I4O2/c10-4-1-2-9(12,13)8(7(14)15)3-5(11)6(4)8/h1-2,5H,3H2,(H,14,15). The van der Waals surface area contributed by atoms with E-state index in [1.807, 2.05) is 12.2 Å². The van der Waals surface area contributed by atoms with Crippen LogP contribution < -0.4 is 0 Å². The van der Waals surface area contributed by atoms with Crippen molar-refractivity contribution in [2.24, 2.45) is 5.41 Å². The number of alkyl halides is 3. The fourth-order valence-electron chi connectivity index (χ4n) is 2.04. The summed E-state index contributed by atoms with van der Waals surface area (Å²) in [6.45, 7) is 0. The van der Waals surface area contributed by atoms with Crippen LogP contribution in [0.1, 0.15) is 6.42 Å². The van der Waals surface area contributed by atoms with Gasteiger partial charge in [-0.3, -0.25) is 4.79 Å². The van der Waals surface area contributed by atoms with Crippen LogP contribution in [0.3, 0.4) is 0 Å². The molecule has 0 aromatic carbocycles. The third-order valence-corrected chi connectivity index (χ3v) is 7.45. The van der Waals surface area contributed by atoms with Crippen molar-refractivity contribution in [2.45, 2.75) is 11.8 Å². The van der Waals surface area contributed by atoms with Crippen molar-refractivity contribution >= 4 is 96.3 Å². The maximum absolute atomic E-state index is 11.6. The molecule has 0 saturated heterocycles. The fraction of sp³-hybridized carbons (Fsp3) is 0.444. The lowest BCUT2D eigenvalue weighted by Gasteiger charge is -2.53. The molecule has 2 rings (SSSR count). The predicted molar refractivity (Wildman–Crippen MR) is 93.5 cm³/mol. The molecule has 0 amide bonds. The molecule has 1 saturated carbocycles. The van der Waals surface area contributed by atoms with Crippen LogP contribution >= 0.6 is 90.4 Å². The molecule has 0 radical (unpaired) electrons. The predicted octanol–water partition coefficient (Wildman–Crippen LogP) is 4.09. The second-order valence-electron chi connectivity index (χ2n) is 3.60. The monoisotopic (exact) mass is 654 g/mol. The first kappa shape index (κ1) is 13.3. The molecule has 0 aromatic rings. The van der Waals surface area contributed by atoms with Gasteiger partial charge in [0.15, 0.2) is 0 Å². The number of aliphatic carboxylic acids is 1. The Labute approximate surface area is 142 Å². The van der Waals surface area contributed by atoms with Gasteiger partial charge < -0.3 is 5.11 Å². The molecule has 6 heteroatoms. The number of allylic oxidation sites excluding steroid dienone is 3. The maximum Gasteiger partial charge on any atom is 0.316 e. The summed E-state index contributed by atoms with van der Waals surface area (Å²) in [5, 5.41) is 9.51. The average molecular weight is 654 g/mol. The summed E-state index contributed by atoms with van der Waals surface area (Å²) in [5.74, 6) is -0.687. The molecule has 0 aromatic heterocycles. The van der Waals surface area contributed by atoms with E-state index in [-0.39, 0.29) is 1.43 Å². The Hall–Kier alpha value is 1.87. The highest BCUT2D eigenvalue weighted by Gasteiger charge is 2.65. The minimum Gasteiger partial charge on any atom is -0.481 e. The Morgan fingerprint density at radius 3 is 2.53 bits per heavy atom. The summed E-state index contributed by atoms with van der Waals surface area (Å²) in [7, 11) is 0. The largest absolute Gasteiger partial charge is 0.481 e. The zero-order valence-corrected chi connectivity index (χ0v) is 15.9. The van der Waals surface area contributed by atoms with Crippen LogP contribution in [0.15, 0.2) is 21.3 Å². The van der Waals surface area contributed by atoms with Crippen LogP contribution in [0.25, 0.3) is 0 Å². The normalized spacial score (nSPS) is 37.2. The summed E-state index contributed by atoms with van der Waals surface area (Å²) in [4.78, 5) is 11.6. The zero-order chi connectivity index (χ0) is 11.4. The summed E-state index contributed by atoms with van der Waals surface area (Å²) in [5.41, 5.74) is 0.424. The smallest absolute Gasteiger partial charge is 0.316 e. The molecule has 0 heterocycles.